The standard InChI is InChI=1S/C20H23N3O5/c1-5-27-16-8-14(6-7-15(16)26-4)9-21-17(24)10-23-11-22-19-18(20(23)25)12(2)13(3)28-19/h6-8,11H,5,9-10H2,1-4H3,(H,21,24). The summed E-state index contributed by atoms with van der Waals surface area (Å²) in [5.74, 6) is 1.60. The van der Waals surface area contributed by atoms with Gasteiger partial charge in [-0.25, -0.2) is 4.98 Å². The number of amides is 1. The van der Waals surface area contributed by atoms with Gasteiger partial charge < -0.3 is 19.2 Å². The predicted molar refractivity (Wildman–Crippen MR) is 104 cm³/mol. The largest absolute Gasteiger partial charge is 0.493 e. The summed E-state index contributed by atoms with van der Waals surface area (Å²) >= 11 is 0. The van der Waals surface area contributed by atoms with Gasteiger partial charge in [0.25, 0.3) is 5.56 Å². The number of furan rings is 1. The van der Waals surface area contributed by atoms with Gasteiger partial charge in [-0.05, 0) is 38.5 Å². The third-order valence-electron chi connectivity index (χ3n) is 4.49. The minimum Gasteiger partial charge on any atom is -0.493 e. The zero-order valence-corrected chi connectivity index (χ0v) is 16.4. The maximum absolute atomic E-state index is 12.6. The lowest BCUT2D eigenvalue weighted by molar-refractivity contribution is -0.121. The number of methoxy groups -OCH3 is 1. The van der Waals surface area contributed by atoms with E-state index in [1.165, 1.54) is 10.9 Å². The first-order valence-electron chi connectivity index (χ1n) is 8.96. The van der Waals surface area contributed by atoms with E-state index in [9.17, 15) is 9.59 Å². The van der Waals surface area contributed by atoms with E-state index in [0.29, 0.717) is 41.5 Å². The van der Waals surface area contributed by atoms with Crippen LogP contribution in [0.1, 0.15) is 23.8 Å². The van der Waals surface area contributed by atoms with Gasteiger partial charge in [0.1, 0.15) is 24.0 Å². The summed E-state index contributed by atoms with van der Waals surface area (Å²) in [7, 11) is 1.57. The fourth-order valence-corrected chi connectivity index (χ4v) is 2.89. The normalized spacial score (nSPS) is 10.9. The summed E-state index contributed by atoms with van der Waals surface area (Å²) in [5, 5.41) is 3.21. The van der Waals surface area contributed by atoms with Crippen molar-refractivity contribution in [2.45, 2.75) is 33.9 Å². The summed E-state index contributed by atoms with van der Waals surface area (Å²) in [5.41, 5.74) is 1.60. The second kappa shape index (κ2) is 8.16. The molecule has 0 unspecified atom stereocenters. The number of nitrogens with zero attached hydrogens (tertiary/aromatic N) is 2. The van der Waals surface area contributed by atoms with Crippen LogP contribution in [-0.2, 0) is 17.9 Å². The molecule has 0 saturated carbocycles. The zero-order chi connectivity index (χ0) is 20.3. The van der Waals surface area contributed by atoms with E-state index in [1.54, 1.807) is 27.0 Å². The molecule has 8 heteroatoms. The van der Waals surface area contributed by atoms with Gasteiger partial charge in [-0.15, -0.1) is 0 Å². The first kappa shape index (κ1) is 19.5. The summed E-state index contributed by atoms with van der Waals surface area (Å²) in [4.78, 5) is 29.1. The number of carbonyl (C=O) groups excluding carboxylic acids is 1. The summed E-state index contributed by atoms with van der Waals surface area (Å²) in [6.07, 6.45) is 1.33. The van der Waals surface area contributed by atoms with Gasteiger partial charge in [-0.1, -0.05) is 6.07 Å². The molecular weight excluding hydrogens is 362 g/mol. The lowest BCUT2D eigenvalue weighted by Crippen LogP contribution is -2.32. The minimum atomic E-state index is -0.296. The maximum atomic E-state index is 12.6. The van der Waals surface area contributed by atoms with Crippen LogP contribution in [0.4, 0.5) is 0 Å². The number of fused-ring (bicyclic) bond motifs is 1. The van der Waals surface area contributed by atoms with E-state index in [-0.39, 0.29) is 18.0 Å². The molecule has 3 aromatic rings. The summed E-state index contributed by atoms with van der Waals surface area (Å²) < 4.78 is 17.5. The number of aryl methyl sites for hydroxylation is 2. The van der Waals surface area contributed by atoms with E-state index >= 15 is 0 Å². The number of ether oxygens (including phenoxy) is 2. The Kier molecular flexibility index (Phi) is 5.67. The number of rotatable bonds is 7. The van der Waals surface area contributed by atoms with E-state index < -0.39 is 0 Å². The van der Waals surface area contributed by atoms with Crippen LogP contribution in [0.15, 0.2) is 33.7 Å². The molecule has 8 nitrogen and oxygen atoms in total. The molecule has 28 heavy (non-hydrogen) atoms. The molecule has 1 amide bonds. The molecule has 0 radical (unpaired) electrons. The van der Waals surface area contributed by atoms with Crippen LogP contribution < -0.4 is 20.3 Å². The van der Waals surface area contributed by atoms with Crippen LogP contribution in [0, 0.1) is 13.8 Å². The fourth-order valence-electron chi connectivity index (χ4n) is 2.89. The number of hydrogen-bond acceptors (Lipinski definition) is 6. The van der Waals surface area contributed by atoms with Crippen LogP contribution in [0.25, 0.3) is 11.1 Å². The molecule has 2 aromatic heterocycles. The third kappa shape index (κ3) is 3.85. The van der Waals surface area contributed by atoms with Crippen molar-refractivity contribution in [3.05, 3.63) is 51.8 Å². The lowest BCUT2D eigenvalue weighted by atomic mass is 10.2. The molecule has 1 aromatic carbocycles. The molecule has 0 aliphatic rings. The van der Waals surface area contributed by atoms with Crippen LogP contribution in [0.3, 0.4) is 0 Å². The maximum Gasteiger partial charge on any atom is 0.265 e. The van der Waals surface area contributed by atoms with Gasteiger partial charge in [-0.2, -0.15) is 0 Å². The highest BCUT2D eigenvalue weighted by molar-refractivity contribution is 5.79. The first-order chi connectivity index (χ1) is 13.4. The minimum absolute atomic E-state index is 0.125. The van der Waals surface area contributed by atoms with E-state index in [0.717, 1.165) is 11.1 Å². The molecule has 3 rings (SSSR count). The first-order valence-corrected chi connectivity index (χ1v) is 8.96. The van der Waals surface area contributed by atoms with Crippen molar-refractivity contribution in [3.8, 4) is 11.5 Å². The SMILES string of the molecule is CCOc1cc(CNC(=O)Cn2cnc3oc(C)c(C)c3c2=O)ccc1OC. The zero-order valence-electron chi connectivity index (χ0n) is 16.4. The van der Waals surface area contributed by atoms with Crippen LogP contribution in [0.5, 0.6) is 11.5 Å². The highest BCUT2D eigenvalue weighted by Gasteiger charge is 2.15. The Bertz CT molecular complexity index is 1070. The summed E-state index contributed by atoms with van der Waals surface area (Å²) in [6, 6.07) is 5.46. The van der Waals surface area contributed by atoms with E-state index in [2.05, 4.69) is 10.3 Å². The molecular formula is C20H23N3O5. The number of aromatic nitrogens is 2. The lowest BCUT2D eigenvalue weighted by Gasteiger charge is -2.12. The van der Waals surface area contributed by atoms with Gasteiger partial charge >= 0.3 is 0 Å². The van der Waals surface area contributed by atoms with Crippen molar-refractivity contribution in [3.63, 3.8) is 0 Å². The second-order valence-electron chi connectivity index (χ2n) is 6.34. The Morgan fingerprint density at radius 1 is 1.29 bits per heavy atom. The molecule has 2 heterocycles. The summed E-state index contributed by atoms with van der Waals surface area (Å²) in [6.45, 7) is 6.15. The average molecular weight is 385 g/mol. The Morgan fingerprint density at radius 2 is 2.07 bits per heavy atom. The van der Waals surface area contributed by atoms with Crippen molar-refractivity contribution in [2.75, 3.05) is 13.7 Å². The van der Waals surface area contributed by atoms with Gasteiger partial charge in [-0.3, -0.25) is 14.2 Å². The smallest absolute Gasteiger partial charge is 0.265 e. The molecule has 0 aliphatic heterocycles. The second-order valence-corrected chi connectivity index (χ2v) is 6.34. The Morgan fingerprint density at radius 3 is 2.79 bits per heavy atom. The highest BCUT2D eigenvalue weighted by Crippen LogP contribution is 2.28. The van der Waals surface area contributed by atoms with Gasteiger partial charge in [0.05, 0.1) is 13.7 Å². The van der Waals surface area contributed by atoms with Crippen LogP contribution in [-0.4, -0.2) is 29.2 Å². The van der Waals surface area contributed by atoms with Crippen LogP contribution >= 0.6 is 0 Å². The predicted octanol–water partition coefficient (Wildman–Crippen LogP) is 2.33. The quantitative estimate of drug-likeness (QED) is 0.671. The molecule has 0 bridgehead atoms. The van der Waals surface area contributed by atoms with Crippen molar-refractivity contribution in [1.29, 1.82) is 0 Å². The number of hydrogen-bond donors (Lipinski definition) is 1. The Balaban J connectivity index is 1.70. The molecule has 0 saturated heterocycles. The average Bonchev–Trinajstić information content (AvgIpc) is 2.97. The Labute approximate surface area is 162 Å². The van der Waals surface area contributed by atoms with Gasteiger partial charge in [0.2, 0.25) is 11.6 Å². The molecule has 0 fully saturated rings. The van der Waals surface area contributed by atoms with Gasteiger partial charge in [0, 0.05) is 12.1 Å². The topological polar surface area (TPSA) is 95.6 Å². The molecule has 0 aliphatic carbocycles. The highest BCUT2D eigenvalue weighted by atomic mass is 16.5. The van der Waals surface area contributed by atoms with E-state index in [1.807, 2.05) is 19.1 Å². The molecule has 1 N–H and O–H groups in total. The van der Waals surface area contributed by atoms with Crippen molar-refractivity contribution in [1.82, 2.24) is 14.9 Å². The van der Waals surface area contributed by atoms with Crippen molar-refractivity contribution in [2.24, 2.45) is 0 Å². The third-order valence-corrected chi connectivity index (χ3v) is 4.49. The Hall–Kier alpha value is -3.29. The molecule has 0 spiro atoms. The molecule has 0 atom stereocenters. The van der Waals surface area contributed by atoms with Crippen molar-refractivity contribution < 1.29 is 18.7 Å². The van der Waals surface area contributed by atoms with Crippen molar-refractivity contribution >= 4 is 17.0 Å². The molecule has 148 valence electrons. The fraction of sp³-hybridized carbons (Fsp3) is 0.350. The monoisotopic (exact) mass is 385 g/mol. The van der Waals surface area contributed by atoms with Crippen LogP contribution in [0.2, 0.25) is 0 Å². The number of carbonyl (C=O) groups is 1. The number of benzene rings is 1. The van der Waals surface area contributed by atoms with Gasteiger partial charge in [0.15, 0.2) is 11.5 Å². The number of nitrogens with one attached hydrogen (secondary N) is 1. The van der Waals surface area contributed by atoms with E-state index in [4.69, 9.17) is 13.9 Å².